The molecule has 70 heavy (non-hydrogen) atoms. The number of aromatic nitrogens is 2. The van der Waals surface area contributed by atoms with Crippen molar-refractivity contribution < 1.29 is 66.7 Å². The lowest BCUT2D eigenvalue weighted by atomic mass is 10.0. The van der Waals surface area contributed by atoms with Crippen molar-refractivity contribution in [2.45, 2.75) is 78.4 Å². The SMILES string of the molecule is COC(=O)/C(=C\c1cn(C(=O)OC(C)(C)C)c2cccc(OC)c12)NC(=O)OCc1ccccc1.COC(=O)[C@H](Cc1cn(C(=O)OC(C)(C)C)c2cccc(OC)c12)NC(=O)OCc1ccccc1. The molecule has 0 aliphatic carbocycles. The molecule has 2 aromatic heterocycles. The minimum Gasteiger partial charge on any atom is -0.496 e. The fourth-order valence-electron chi connectivity index (χ4n) is 6.89. The predicted octanol–water partition coefficient (Wildman–Crippen LogP) is 9.32. The Bertz CT molecular complexity index is 2840. The van der Waals surface area contributed by atoms with Gasteiger partial charge >= 0.3 is 36.3 Å². The van der Waals surface area contributed by atoms with Crippen molar-refractivity contribution in [3.8, 4) is 11.5 Å². The van der Waals surface area contributed by atoms with Crippen molar-refractivity contribution in [2.24, 2.45) is 0 Å². The normalized spacial score (nSPS) is 11.8. The van der Waals surface area contributed by atoms with Crippen molar-refractivity contribution in [3.63, 3.8) is 0 Å². The summed E-state index contributed by atoms with van der Waals surface area (Å²) in [6, 6.07) is 27.7. The maximum absolute atomic E-state index is 12.9. The molecule has 0 aliphatic heterocycles. The zero-order valence-electron chi connectivity index (χ0n) is 40.8. The Labute approximate surface area is 405 Å². The molecule has 4 aromatic carbocycles. The predicted molar refractivity (Wildman–Crippen MR) is 259 cm³/mol. The number of benzene rings is 4. The number of fused-ring (bicyclic) bond motifs is 2. The van der Waals surface area contributed by atoms with E-state index in [2.05, 4.69) is 10.6 Å². The number of carbonyl (C=O) groups is 6. The van der Waals surface area contributed by atoms with Gasteiger partial charge in [0.05, 0.1) is 39.5 Å². The van der Waals surface area contributed by atoms with Crippen molar-refractivity contribution in [1.82, 2.24) is 19.8 Å². The van der Waals surface area contributed by atoms with Gasteiger partial charge in [0.25, 0.3) is 0 Å². The van der Waals surface area contributed by atoms with Gasteiger partial charge in [-0.2, -0.15) is 0 Å². The summed E-state index contributed by atoms with van der Waals surface area (Å²) in [5.74, 6) is -0.480. The third kappa shape index (κ3) is 14.4. The van der Waals surface area contributed by atoms with Crippen LogP contribution in [0.1, 0.15) is 63.8 Å². The monoisotopic (exact) mass is 962 g/mol. The highest BCUT2D eigenvalue weighted by atomic mass is 16.6. The molecule has 2 N–H and O–H groups in total. The summed E-state index contributed by atoms with van der Waals surface area (Å²) < 4.78 is 44.9. The minimum atomic E-state index is -1.06. The van der Waals surface area contributed by atoms with Gasteiger partial charge < -0.3 is 43.2 Å². The second-order valence-corrected chi connectivity index (χ2v) is 17.4. The number of rotatable bonds is 13. The smallest absolute Gasteiger partial charge is 0.419 e. The second-order valence-electron chi connectivity index (χ2n) is 17.4. The van der Waals surface area contributed by atoms with Gasteiger partial charge in [-0.1, -0.05) is 72.8 Å². The minimum absolute atomic E-state index is 0.0207. The first kappa shape index (κ1) is 52.7. The van der Waals surface area contributed by atoms with E-state index < -0.39 is 53.6 Å². The number of ether oxygens (including phenoxy) is 8. The number of carbonyl (C=O) groups excluding carboxylic acids is 6. The van der Waals surface area contributed by atoms with Crippen LogP contribution in [0, 0.1) is 0 Å². The Balaban J connectivity index is 0.000000261. The Morgan fingerprint density at radius 1 is 0.586 bits per heavy atom. The summed E-state index contributed by atoms with van der Waals surface area (Å²) in [7, 11) is 5.43. The average Bonchev–Trinajstić information content (AvgIpc) is 3.90. The molecule has 6 rings (SSSR count). The number of esters is 2. The first-order valence-corrected chi connectivity index (χ1v) is 21.9. The molecule has 2 amide bonds. The first-order valence-electron chi connectivity index (χ1n) is 21.9. The third-order valence-electron chi connectivity index (χ3n) is 9.88. The molecular formula is C52H58N4O14. The molecule has 2 heterocycles. The van der Waals surface area contributed by atoms with Crippen LogP contribution in [0.2, 0.25) is 0 Å². The van der Waals surface area contributed by atoms with Gasteiger partial charge in [-0.05, 0) is 88.6 Å². The maximum atomic E-state index is 12.9. The summed E-state index contributed by atoms with van der Waals surface area (Å²) in [4.78, 5) is 75.6. The van der Waals surface area contributed by atoms with E-state index >= 15 is 0 Å². The van der Waals surface area contributed by atoms with Crippen LogP contribution in [0.15, 0.2) is 115 Å². The van der Waals surface area contributed by atoms with Crippen molar-refractivity contribution in [1.29, 1.82) is 0 Å². The molecule has 18 nitrogen and oxygen atoms in total. The molecule has 0 saturated carbocycles. The Hall–Kier alpha value is -8.28. The molecule has 1 atom stereocenters. The van der Waals surface area contributed by atoms with E-state index in [0.717, 1.165) is 11.1 Å². The van der Waals surface area contributed by atoms with Gasteiger partial charge in [-0.25, -0.2) is 28.8 Å². The van der Waals surface area contributed by atoms with Crippen LogP contribution >= 0.6 is 0 Å². The van der Waals surface area contributed by atoms with E-state index in [0.29, 0.717) is 44.4 Å². The highest BCUT2D eigenvalue weighted by molar-refractivity contribution is 6.04. The second kappa shape index (κ2) is 23.6. The summed E-state index contributed by atoms with van der Waals surface area (Å²) in [5, 5.41) is 6.15. The van der Waals surface area contributed by atoms with Crippen LogP contribution in [-0.2, 0) is 57.6 Å². The van der Waals surface area contributed by atoms with E-state index in [-0.39, 0.29) is 25.3 Å². The van der Waals surface area contributed by atoms with Gasteiger partial charge in [0.1, 0.15) is 47.7 Å². The summed E-state index contributed by atoms with van der Waals surface area (Å²) >= 11 is 0. The van der Waals surface area contributed by atoms with Gasteiger partial charge in [-0.3, -0.25) is 14.5 Å². The van der Waals surface area contributed by atoms with Crippen LogP contribution in [0.25, 0.3) is 27.9 Å². The molecule has 6 aromatic rings. The Morgan fingerprint density at radius 3 is 1.56 bits per heavy atom. The van der Waals surface area contributed by atoms with E-state index in [4.69, 9.17) is 37.9 Å². The Morgan fingerprint density at radius 2 is 1.07 bits per heavy atom. The Kier molecular flexibility index (Phi) is 17.8. The lowest BCUT2D eigenvalue weighted by molar-refractivity contribution is -0.143. The molecule has 18 heteroatoms. The number of methoxy groups -OCH3 is 4. The lowest BCUT2D eigenvalue weighted by Crippen LogP contribution is -2.43. The molecule has 0 fully saturated rings. The molecule has 0 aliphatic rings. The van der Waals surface area contributed by atoms with E-state index in [1.807, 2.05) is 60.7 Å². The molecule has 0 saturated heterocycles. The molecule has 370 valence electrons. The fourth-order valence-corrected chi connectivity index (χ4v) is 6.89. The van der Waals surface area contributed by atoms with Gasteiger partial charge in [0.2, 0.25) is 0 Å². The van der Waals surface area contributed by atoms with Gasteiger partial charge in [-0.15, -0.1) is 0 Å². The lowest BCUT2D eigenvalue weighted by Gasteiger charge is -2.19. The average molecular weight is 963 g/mol. The fraction of sp³-hybridized carbons (Fsp3) is 0.308. The number of amides is 2. The van der Waals surface area contributed by atoms with Crippen LogP contribution in [0.4, 0.5) is 19.2 Å². The van der Waals surface area contributed by atoms with Gasteiger partial charge in [0, 0.05) is 35.2 Å². The van der Waals surface area contributed by atoms with Crippen molar-refractivity contribution in [2.75, 3.05) is 28.4 Å². The molecule has 0 spiro atoms. The van der Waals surface area contributed by atoms with E-state index in [1.165, 1.54) is 49.8 Å². The van der Waals surface area contributed by atoms with E-state index in [1.54, 1.807) is 84.1 Å². The first-order chi connectivity index (χ1) is 33.2. The van der Waals surface area contributed by atoms with Gasteiger partial charge in [0.15, 0.2) is 0 Å². The number of hydrogen-bond acceptors (Lipinski definition) is 14. The number of alkyl carbamates (subject to hydrolysis) is 2. The quantitative estimate of drug-likeness (QED) is 0.0628. The van der Waals surface area contributed by atoms with E-state index in [9.17, 15) is 28.8 Å². The standard InChI is InChI=1S/C26H30N2O7.C26H28N2O7/c2*1-26(2,3)35-25(31)28-15-18(22-20(28)12-9-13-21(22)32-4)14-19(23(29)33-5)27-24(30)34-16-17-10-7-6-8-11-17/h6-13,15,19H,14,16H2,1-5H3,(H,27,30);6-15H,16H2,1-5H3,(H,27,30)/b;19-14+/t19-;/m0./s1. The third-order valence-corrected chi connectivity index (χ3v) is 9.88. The highest BCUT2D eigenvalue weighted by Gasteiger charge is 2.29. The molecular weight excluding hydrogens is 905 g/mol. The molecule has 0 unspecified atom stereocenters. The van der Waals surface area contributed by atoms with Crippen LogP contribution in [-0.4, -0.2) is 91.1 Å². The number of nitrogens with one attached hydrogen (secondary N) is 2. The van der Waals surface area contributed by atoms with Crippen LogP contribution in [0.3, 0.4) is 0 Å². The number of nitrogens with zero attached hydrogens (tertiary/aromatic N) is 2. The zero-order chi connectivity index (χ0) is 51.2. The highest BCUT2D eigenvalue weighted by Crippen LogP contribution is 2.34. The van der Waals surface area contributed by atoms with Crippen molar-refractivity contribution in [3.05, 3.63) is 137 Å². The molecule has 0 radical (unpaired) electrons. The summed E-state index contributed by atoms with van der Waals surface area (Å²) in [6.07, 6.45) is 1.70. The largest absolute Gasteiger partial charge is 0.496 e. The van der Waals surface area contributed by atoms with Crippen molar-refractivity contribution >= 4 is 64.2 Å². The topological polar surface area (TPSA) is 210 Å². The summed E-state index contributed by atoms with van der Waals surface area (Å²) in [6.45, 7) is 10.7. The number of hydrogen-bond donors (Lipinski definition) is 2. The molecule has 0 bridgehead atoms. The maximum Gasteiger partial charge on any atom is 0.419 e. The van der Waals surface area contributed by atoms with Crippen LogP contribution < -0.4 is 20.1 Å². The summed E-state index contributed by atoms with van der Waals surface area (Å²) in [5.41, 5.74) is 2.05. The zero-order valence-corrected chi connectivity index (χ0v) is 40.8. The van der Waals surface area contributed by atoms with Crippen LogP contribution in [0.5, 0.6) is 11.5 Å².